The fraction of sp³-hybridized carbons (Fsp3) is 0.200. The molecule has 0 aliphatic carbocycles. The number of hydrogen-bond donors (Lipinski definition) is 3. The smallest absolute Gasteiger partial charge is 0.319 e. The lowest BCUT2D eigenvalue weighted by Gasteiger charge is -2.36. The van der Waals surface area contributed by atoms with Crippen molar-refractivity contribution in [1.29, 1.82) is 0 Å². The first-order valence-corrected chi connectivity index (χ1v) is 10.7. The monoisotopic (exact) mass is 427 g/mol. The number of hydrogen-bond acceptors (Lipinski definition) is 4. The number of anilines is 2. The number of H-pyrrole nitrogens is 1. The highest BCUT2D eigenvalue weighted by Crippen LogP contribution is 2.37. The molecule has 1 unspecified atom stereocenters. The third-order valence-electron chi connectivity index (χ3n) is 5.89. The van der Waals surface area contributed by atoms with Gasteiger partial charge in [0.05, 0.1) is 30.6 Å². The lowest BCUT2D eigenvalue weighted by molar-refractivity contribution is 0.247. The van der Waals surface area contributed by atoms with Gasteiger partial charge >= 0.3 is 6.03 Å². The second kappa shape index (κ2) is 8.63. The number of carbonyl (C=O) groups excluding carboxylic acids is 1. The summed E-state index contributed by atoms with van der Waals surface area (Å²) >= 11 is 0. The minimum atomic E-state index is -0.242. The molecular formula is C25H25N5O2. The Kier molecular flexibility index (Phi) is 5.37. The summed E-state index contributed by atoms with van der Waals surface area (Å²) in [5.74, 6) is 0.778. The van der Waals surface area contributed by atoms with Crippen LogP contribution in [0.1, 0.15) is 23.6 Å². The molecule has 162 valence electrons. The van der Waals surface area contributed by atoms with E-state index >= 15 is 0 Å². The van der Waals surface area contributed by atoms with Gasteiger partial charge in [-0.15, -0.1) is 0 Å². The first kappa shape index (κ1) is 19.9. The predicted molar refractivity (Wildman–Crippen MR) is 126 cm³/mol. The average molecular weight is 428 g/mol. The van der Waals surface area contributed by atoms with Gasteiger partial charge in [0.1, 0.15) is 5.75 Å². The molecule has 1 aliphatic rings. The van der Waals surface area contributed by atoms with Gasteiger partial charge in [-0.25, -0.2) is 4.79 Å². The maximum Gasteiger partial charge on any atom is 0.319 e. The van der Waals surface area contributed by atoms with E-state index in [9.17, 15) is 4.79 Å². The van der Waals surface area contributed by atoms with E-state index in [0.717, 1.165) is 53.1 Å². The summed E-state index contributed by atoms with van der Waals surface area (Å²) in [4.78, 5) is 15.2. The summed E-state index contributed by atoms with van der Waals surface area (Å²) in [6.07, 6.45) is 2.52. The van der Waals surface area contributed by atoms with Crippen molar-refractivity contribution >= 4 is 28.3 Å². The number of carbonyl (C=O) groups is 1. The topological polar surface area (TPSA) is 82.3 Å². The summed E-state index contributed by atoms with van der Waals surface area (Å²) in [6.45, 7) is 1.66. The van der Waals surface area contributed by atoms with Gasteiger partial charge in [0.15, 0.2) is 0 Å². The van der Waals surface area contributed by atoms with Crippen LogP contribution >= 0.6 is 0 Å². The van der Waals surface area contributed by atoms with Crippen LogP contribution in [0.3, 0.4) is 0 Å². The van der Waals surface area contributed by atoms with Crippen LogP contribution in [0.2, 0.25) is 0 Å². The number of nitrogens with one attached hydrogen (secondary N) is 3. The number of aromatic nitrogens is 2. The van der Waals surface area contributed by atoms with Gasteiger partial charge < -0.3 is 20.3 Å². The third kappa shape index (κ3) is 3.97. The Morgan fingerprint density at radius 3 is 2.88 bits per heavy atom. The SMILES string of the molecule is COc1ccc2c(c1)C(NC(=O)Nc1cccc3[nH]ncc13)CCN2Cc1ccccc1. The number of methoxy groups -OCH3 is 1. The lowest BCUT2D eigenvalue weighted by Crippen LogP contribution is -2.39. The molecule has 0 radical (unpaired) electrons. The second-order valence-corrected chi connectivity index (χ2v) is 7.91. The van der Waals surface area contributed by atoms with E-state index in [2.05, 4.69) is 56.1 Å². The van der Waals surface area contributed by atoms with E-state index in [0.29, 0.717) is 0 Å². The Morgan fingerprint density at radius 2 is 2.03 bits per heavy atom. The van der Waals surface area contributed by atoms with Crippen LogP contribution in [-0.4, -0.2) is 29.9 Å². The van der Waals surface area contributed by atoms with Crippen molar-refractivity contribution in [1.82, 2.24) is 15.5 Å². The van der Waals surface area contributed by atoms with E-state index in [4.69, 9.17) is 4.74 Å². The number of aromatic amines is 1. The predicted octanol–water partition coefficient (Wildman–Crippen LogP) is 4.84. The van der Waals surface area contributed by atoms with Crippen LogP contribution in [0.15, 0.2) is 72.9 Å². The minimum Gasteiger partial charge on any atom is -0.497 e. The Balaban J connectivity index is 1.37. The zero-order valence-corrected chi connectivity index (χ0v) is 17.8. The normalized spacial score (nSPS) is 15.3. The number of amides is 2. The molecule has 2 heterocycles. The highest BCUT2D eigenvalue weighted by atomic mass is 16.5. The number of fused-ring (bicyclic) bond motifs is 2. The van der Waals surface area contributed by atoms with Gasteiger partial charge in [0.25, 0.3) is 0 Å². The summed E-state index contributed by atoms with van der Waals surface area (Å²) in [5.41, 5.74) is 5.03. The number of rotatable bonds is 5. The summed E-state index contributed by atoms with van der Waals surface area (Å²) in [6, 6.07) is 21.8. The Morgan fingerprint density at radius 1 is 1.16 bits per heavy atom. The third-order valence-corrected chi connectivity index (χ3v) is 5.89. The summed E-state index contributed by atoms with van der Waals surface area (Å²) in [7, 11) is 1.66. The number of benzene rings is 3. The molecule has 7 heteroatoms. The molecule has 1 aliphatic heterocycles. The van der Waals surface area contributed by atoms with Gasteiger partial charge in [-0.1, -0.05) is 36.4 Å². The molecule has 3 aromatic carbocycles. The van der Waals surface area contributed by atoms with E-state index in [1.54, 1.807) is 13.3 Å². The average Bonchev–Trinajstić information content (AvgIpc) is 3.31. The molecule has 4 aromatic rings. The van der Waals surface area contributed by atoms with Gasteiger partial charge in [-0.05, 0) is 42.3 Å². The van der Waals surface area contributed by atoms with Crippen LogP contribution in [0.25, 0.3) is 10.9 Å². The van der Waals surface area contributed by atoms with Crippen LogP contribution in [0, 0.1) is 0 Å². The molecule has 0 bridgehead atoms. The molecule has 0 saturated heterocycles. The molecule has 7 nitrogen and oxygen atoms in total. The van der Waals surface area contributed by atoms with E-state index in [1.807, 2.05) is 36.4 Å². The number of nitrogens with zero attached hydrogens (tertiary/aromatic N) is 2. The van der Waals surface area contributed by atoms with E-state index in [-0.39, 0.29) is 12.1 Å². The highest BCUT2D eigenvalue weighted by molar-refractivity contribution is 6.00. The van der Waals surface area contributed by atoms with Crippen LogP contribution in [0.4, 0.5) is 16.2 Å². The summed E-state index contributed by atoms with van der Waals surface area (Å²) < 4.78 is 5.46. The van der Waals surface area contributed by atoms with Crippen molar-refractivity contribution in [2.75, 3.05) is 23.9 Å². The van der Waals surface area contributed by atoms with Crippen molar-refractivity contribution in [2.24, 2.45) is 0 Å². The molecule has 2 amide bonds. The Labute approximate surface area is 186 Å². The highest BCUT2D eigenvalue weighted by Gasteiger charge is 2.27. The summed E-state index contributed by atoms with van der Waals surface area (Å²) in [5, 5.41) is 14.0. The van der Waals surface area contributed by atoms with Crippen LogP contribution < -0.4 is 20.3 Å². The Bertz CT molecular complexity index is 1240. The first-order chi connectivity index (χ1) is 15.7. The zero-order chi connectivity index (χ0) is 21.9. The molecular weight excluding hydrogens is 402 g/mol. The van der Waals surface area contributed by atoms with Crippen molar-refractivity contribution in [3.8, 4) is 5.75 Å². The molecule has 5 rings (SSSR count). The van der Waals surface area contributed by atoms with E-state index < -0.39 is 0 Å². The molecule has 32 heavy (non-hydrogen) atoms. The minimum absolute atomic E-state index is 0.115. The fourth-order valence-electron chi connectivity index (χ4n) is 4.30. The molecule has 0 saturated carbocycles. The quantitative estimate of drug-likeness (QED) is 0.425. The van der Waals surface area contributed by atoms with Crippen LogP contribution in [-0.2, 0) is 6.54 Å². The second-order valence-electron chi connectivity index (χ2n) is 7.91. The maximum absolute atomic E-state index is 12.9. The van der Waals surface area contributed by atoms with Crippen molar-refractivity contribution in [2.45, 2.75) is 19.0 Å². The van der Waals surface area contributed by atoms with Crippen molar-refractivity contribution < 1.29 is 9.53 Å². The Hall–Kier alpha value is -4.00. The molecule has 1 atom stereocenters. The van der Waals surface area contributed by atoms with Crippen molar-refractivity contribution in [3.63, 3.8) is 0 Å². The zero-order valence-electron chi connectivity index (χ0n) is 17.8. The number of urea groups is 1. The van der Waals surface area contributed by atoms with Gasteiger partial charge in [-0.3, -0.25) is 5.10 Å². The maximum atomic E-state index is 12.9. The largest absolute Gasteiger partial charge is 0.497 e. The first-order valence-electron chi connectivity index (χ1n) is 10.7. The van der Waals surface area contributed by atoms with Gasteiger partial charge in [-0.2, -0.15) is 5.10 Å². The fourth-order valence-corrected chi connectivity index (χ4v) is 4.30. The van der Waals surface area contributed by atoms with Crippen LogP contribution in [0.5, 0.6) is 5.75 Å². The van der Waals surface area contributed by atoms with E-state index in [1.165, 1.54) is 5.56 Å². The lowest BCUT2D eigenvalue weighted by atomic mass is 9.95. The van der Waals surface area contributed by atoms with Gasteiger partial charge in [0.2, 0.25) is 0 Å². The standard InChI is InChI=1S/C25H25N5O2/c1-32-18-10-11-24-19(14-18)22(12-13-30(24)16-17-6-3-2-4-7-17)28-25(31)27-21-8-5-9-23-20(21)15-26-29-23/h2-11,14-15,22H,12-13,16H2,1H3,(H,26,29)(H2,27,28,31). The molecule has 0 spiro atoms. The molecule has 3 N–H and O–H groups in total. The number of ether oxygens (including phenoxy) is 1. The molecule has 0 fully saturated rings. The van der Waals surface area contributed by atoms with Crippen molar-refractivity contribution in [3.05, 3.63) is 84.1 Å². The molecule has 1 aromatic heterocycles. The van der Waals surface area contributed by atoms with Gasteiger partial charge in [0, 0.05) is 29.7 Å².